The van der Waals surface area contributed by atoms with Crippen LogP contribution in [0.15, 0.2) is 24.7 Å². The molecule has 1 atom stereocenters. The Kier molecular flexibility index (Phi) is 3.33. The number of imidazole rings is 1. The van der Waals surface area contributed by atoms with Crippen molar-refractivity contribution in [2.75, 3.05) is 0 Å². The fourth-order valence-corrected chi connectivity index (χ4v) is 3.14. The molecule has 0 bridgehead atoms. The van der Waals surface area contributed by atoms with Gasteiger partial charge >= 0.3 is 0 Å². The number of aryl methyl sites for hydroxylation is 1. The highest BCUT2D eigenvalue weighted by Crippen LogP contribution is 2.24. The molecule has 0 aromatic carbocycles. The first-order valence-electron chi connectivity index (χ1n) is 7.93. The molecule has 1 aliphatic carbocycles. The Morgan fingerprint density at radius 1 is 1.48 bits per heavy atom. The van der Waals surface area contributed by atoms with Crippen LogP contribution < -0.4 is 5.32 Å². The molecule has 0 saturated heterocycles. The van der Waals surface area contributed by atoms with Crippen molar-refractivity contribution < 1.29 is 4.79 Å². The number of aromatic nitrogens is 5. The van der Waals surface area contributed by atoms with Crippen LogP contribution in [0, 0.1) is 0 Å². The summed E-state index contributed by atoms with van der Waals surface area (Å²) < 4.78 is 1.86. The molecule has 2 N–H and O–H groups in total. The fourth-order valence-electron chi connectivity index (χ4n) is 3.14. The molecule has 0 aliphatic heterocycles. The van der Waals surface area contributed by atoms with E-state index in [-0.39, 0.29) is 11.9 Å². The number of carbonyl (C=O) groups is 1. The van der Waals surface area contributed by atoms with Gasteiger partial charge in [0.15, 0.2) is 5.69 Å². The van der Waals surface area contributed by atoms with Crippen molar-refractivity contribution >= 4 is 11.7 Å². The van der Waals surface area contributed by atoms with Crippen LogP contribution in [-0.2, 0) is 12.8 Å². The number of fused-ring (bicyclic) bond motifs is 2. The summed E-state index contributed by atoms with van der Waals surface area (Å²) in [5.41, 5.74) is 3.50. The minimum Gasteiger partial charge on any atom is -0.342 e. The Morgan fingerprint density at radius 2 is 2.39 bits per heavy atom. The maximum absolute atomic E-state index is 12.6. The third-order valence-electron chi connectivity index (χ3n) is 4.35. The molecule has 7 nitrogen and oxygen atoms in total. The SMILES string of the molecule is CC[C@H](NC(=O)c1n[nH]c2c1CCC2)c1cn2cccnc2n1. The van der Waals surface area contributed by atoms with E-state index in [4.69, 9.17) is 0 Å². The zero-order valence-electron chi connectivity index (χ0n) is 12.9. The van der Waals surface area contributed by atoms with Gasteiger partial charge in [-0.15, -0.1) is 0 Å². The number of hydrogen-bond acceptors (Lipinski definition) is 4. The highest BCUT2D eigenvalue weighted by atomic mass is 16.2. The molecular formula is C16H18N6O. The molecule has 118 valence electrons. The summed E-state index contributed by atoms with van der Waals surface area (Å²) in [5.74, 6) is 0.497. The quantitative estimate of drug-likeness (QED) is 0.769. The lowest BCUT2D eigenvalue weighted by atomic mass is 10.1. The summed E-state index contributed by atoms with van der Waals surface area (Å²) >= 11 is 0. The molecule has 3 aromatic rings. The third-order valence-corrected chi connectivity index (χ3v) is 4.35. The molecule has 1 aliphatic rings. The number of H-pyrrole nitrogens is 1. The van der Waals surface area contributed by atoms with Gasteiger partial charge in [0.25, 0.3) is 5.91 Å². The lowest BCUT2D eigenvalue weighted by Crippen LogP contribution is -2.29. The van der Waals surface area contributed by atoms with E-state index in [9.17, 15) is 4.79 Å². The van der Waals surface area contributed by atoms with Crippen molar-refractivity contribution in [1.29, 1.82) is 0 Å². The zero-order chi connectivity index (χ0) is 15.8. The van der Waals surface area contributed by atoms with Gasteiger partial charge in [-0.1, -0.05) is 6.92 Å². The highest BCUT2D eigenvalue weighted by molar-refractivity contribution is 5.94. The number of carbonyl (C=O) groups excluding carboxylic acids is 1. The summed E-state index contributed by atoms with van der Waals surface area (Å²) in [7, 11) is 0. The summed E-state index contributed by atoms with van der Waals surface area (Å²) in [5, 5.41) is 10.2. The molecular weight excluding hydrogens is 292 g/mol. The second-order valence-electron chi connectivity index (χ2n) is 5.81. The second kappa shape index (κ2) is 5.49. The van der Waals surface area contributed by atoms with Gasteiger partial charge in [-0.25, -0.2) is 9.97 Å². The molecule has 7 heteroatoms. The molecule has 23 heavy (non-hydrogen) atoms. The number of amides is 1. The largest absolute Gasteiger partial charge is 0.342 e. The molecule has 0 fully saturated rings. The first-order valence-corrected chi connectivity index (χ1v) is 7.93. The lowest BCUT2D eigenvalue weighted by Gasteiger charge is -2.14. The average Bonchev–Trinajstić information content (AvgIpc) is 3.25. The van der Waals surface area contributed by atoms with Crippen molar-refractivity contribution in [2.45, 2.75) is 38.6 Å². The summed E-state index contributed by atoms with van der Waals surface area (Å²) in [4.78, 5) is 21.3. The summed E-state index contributed by atoms with van der Waals surface area (Å²) in [6.45, 7) is 2.03. The van der Waals surface area contributed by atoms with Crippen molar-refractivity contribution in [3.63, 3.8) is 0 Å². The Labute approximate surface area is 133 Å². The smallest absolute Gasteiger partial charge is 0.272 e. The van der Waals surface area contributed by atoms with Crippen molar-refractivity contribution in [2.24, 2.45) is 0 Å². The number of rotatable bonds is 4. The average molecular weight is 310 g/mol. The first kappa shape index (κ1) is 13.9. The number of aromatic amines is 1. The van der Waals surface area contributed by atoms with Gasteiger partial charge in [0, 0.05) is 29.8 Å². The van der Waals surface area contributed by atoms with E-state index in [1.54, 1.807) is 6.20 Å². The third kappa shape index (κ3) is 2.38. The second-order valence-corrected chi connectivity index (χ2v) is 5.81. The molecule has 1 amide bonds. The zero-order valence-corrected chi connectivity index (χ0v) is 12.9. The van der Waals surface area contributed by atoms with Gasteiger partial charge in [0.2, 0.25) is 5.78 Å². The molecule has 0 spiro atoms. The fraction of sp³-hybridized carbons (Fsp3) is 0.375. The van der Waals surface area contributed by atoms with Crippen LogP contribution in [0.1, 0.15) is 53.2 Å². The predicted octanol–water partition coefficient (Wildman–Crippen LogP) is 1.82. The maximum Gasteiger partial charge on any atom is 0.272 e. The Bertz CT molecular complexity index is 831. The van der Waals surface area contributed by atoms with E-state index in [1.807, 2.05) is 29.8 Å². The van der Waals surface area contributed by atoms with Crippen LogP contribution >= 0.6 is 0 Å². The standard InChI is InChI=1S/C16H18N6O/c1-2-11(13-9-22-8-4-7-17-16(22)19-13)18-15(23)14-10-5-3-6-12(10)20-21-14/h4,7-9,11H,2-3,5-6H2,1H3,(H,18,23)(H,20,21)/t11-/m0/s1. The minimum absolute atomic E-state index is 0.138. The molecule has 0 radical (unpaired) electrons. The lowest BCUT2D eigenvalue weighted by molar-refractivity contribution is 0.0928. The van der Waals surface area contributed by atoms with Crippen LogP contribution in [0.3, 0.4) is 0 Å². The summed E-state index contributed by atoms with van der Waals surface area (Å²) in [6, 6.07) is 1.70. The van der Waals surface area contributed by atoms with E-state index in [2.05, 4.69) is 25.5 Å². The van der Waals surface area contributed by atoms with Crippen LogP contribution in [-0.4, -0.2) is 30.5 Å². The Hall–Kier alpha value is -2.70. The van der Waals surface area contributed by atoms with Crippen molar-refractivity contribution in [3.05, 3.63) is 47.3 Å². The van der Waals surface area contributed by atoms with E-state index in [1.165, 1.54) is 0 Å². The monoisotopic (exact) mass is 310 g/mol. The Morgan fingerprint density at radius 3 is 3.22 bits per heavy atom. The van der Waals surface area contributed by atoms with Crippen LogP contribution in [0.25, 0.3) is 5.78 Å². The van der Waals surface area contributed by atoms with E-state index >= 15 is 0 Å². The minimum atomic E-state index is -0.155. The number of hydrogen-bond donors (Lipinski definition) is 2. The normalized spacial score (nSPS) is 14.8. The molecule has 0 saturated carbocycles. The highest BCUT2D eigenvalue weighted by Gasteiger charge is 2.25. The van der Waals surface area contributed by atoms with E-state index in [0.717, 1.165) is 42.6 Å². The van der Waals surface area contributed by atoms with Gasteiger partial charge in [0.05, 0.1) is 11.7 Å². The van der Waals surface area contributed by atoms with Gasteiger partial charge in [-0.2, -0.15) is 5.10 Å². The van der Waals surface area contributed by atoms with E-state index < -0.39 is 0 Å². The molecule has 3 aromatic heterocycles. The topological polar surface area (TPSA) is 88.0 Å². The van der Waals surface area contributed by atoms with Gasteiger partial charge < -0.3 is 5.32 Å². The van der Waals surface area contributed by atoms with Gasteiger partial charge in [-0.3, -0.25) is 14.3 Å². The number of nitrogens with zero attached hydrogens (tertiary/aromatic N) is 4. The van der Waals surface area contributed by atoms with Gasteiger partial charge in [0.1, 0.15) is 0 Å². The molecule has 4 rings (SSSR count). The van der Waals surface area contributed by atoms with Crippen LogP contribution in [0.5, 0.6) is 0 Å². The Balaban J connectivity index is 1.59. The van der Waals surface area contributed by atoms with E-state index in [0.29, 0.717) is 11.5 Å². The van der Waals surface area contributed by atoms with Crippen molar-refractivity contribution in [3.8, 4) is 0 Å². The predicted molar refractivity (Wildman–Crippen MR) is 84.1 cm³/mol. The summed E-state index contributed by atoms with van der Waals surface area (Å²) in [6.07, 6.45) is 9.24. The first-order chi connectivity index (χ1) is 11.3. The molecule has 0 unspecified atom stereocenters. The molecule has 3 heterocycles. The maximum atomic E-state index is 12.6. The van der Waals surface area contributed by atoms with Gasteiger partial charge in [-0.05, 0) is 31.7 Å². The van der Waals surface area contributed by atoms with Crippen LogP contribution in [0.4, 0.5) is 0 Å². The number of nitrogens with one attached hydrogen (secondary N) is 2. The van der Waals surface area contributed by atoms with Crippen molar-refractivity contribution in [1.82, 2.24) is 29.9 Å². The van der Waals surface area contributed by atoms with Crippen LogP contribution in [0.2, 0.25) is 0 Å².